The van der Waals surface area contributed by atoms with Crippen LogP contribution in [0.4, 0.5) is 0 Å². The van der Waals surface area contributed by atoms with Crippen LogP contribution in [0, 0.1) is 0 Å². The van der Waals surface area contributed by atoms with Crippen LogP contribution in [-0.4, -0.2) is 45.8 Å². The summed E-state index contributed by atoms with van der Waals surface area (Å²) in [6, 6.07) is 15.8. The highest BCUT2D eigenvalue weighted by Crippen LogP contribution is 2.17. The first-order chi connectivity index (χ1) is 11.5. The molecule has 0 radical (unpaired) electrons. The fourth-order valence-electron chi connectivity index (χ4n) is 2.26. The molecule has 0 spiro atoms. The molecular weight excluding hydrogens is 346 g/mol. The van der Waals surface area contributed by atoms with E-state index in [1.807, 2.05) is 25.2 Å². The van der Waals surface area contributed by atoms with E-state index in [1.54, 1.807) is 36.4 Å². The van der Waals surface area contributed by atoms with Crippen LogP contribution in [0.1, 0.15) is 6.42 Å². The summed E-state index contributed by atoms with van der Waals surface area (Å²) in [5.41, 5.74) is 0. The van der Waals surface area contributed by atoms with Crippen molar-refractivity contribution in [2.45, 2.75) is 11.3 Å². The topological polar surface area (TPSA) is 46.6 Å². The van der Waals surface area contributed by atoms with Crippen molar-refractivity contribution < 1.29 is 13.2 Å². The lowest BCUT2D eigenvalue weighted by molar-refractivity contribution is 0.238. The molecule has 0 saturated carbocycles. The second-order valence-corrected chi connectivity index (χ2v) is 8.14. The Bertz CT molecular complexity index is 735. The molecule has 0 atom stereocenters. The van der Waals surface area contributed by atoms with E-state index in [1.165, 1.54) is 0 Å². The standard InChI is InChI=1S/C18H22ClNO3S/c1-20(12-13-23-17-8-5-7-16(19)15-17)11-6-14-24(21,22)18-9-3-2-4-10-18/h2-5,7-10,15H,6,11-14H2,1H3. The zero-order valence-electron chi connectivity index (χ0n) is 13.7. The Labute approximate surface area is 148 Å². The van der Waals surface area contributed by atoms with Crippen molar-refractivity contribution >= 4 is 21.4 Å². The van der Waals surface area contributed by atoms with Crippen molar-refractivity contribution in [3.63, 3.8) is 0 Å². The second kappa shape index (κ2) is 9.06. The third-order valence-electron chi connectivity index (χ3n) is 3.59. The molecule has 130 valence electrons. The summed E-state index contributed by atoms with van der Waals surface area (Å²) in [4.78, 5) is 2.45. The Kier molecular flexibility index (Phi) is 7.09. The van der Waals surface area contributed by atoms with Gasteiger partial charge in [0, 0.05) is 11.6 Å². The van der Waals surface area contributed by atoms with Crippen LogP contribution in [0.15, 0.2) is 59.5 Å². The van der Waals surface area contributed by atoms with Crippen molar-refractivity contribution in [1.82, 2.24) is 4.90 Å². The monoisotopic (exact) mass is 367 g/mol. The normalized spacial score (nSPS) is 11.6. The van der Waals surface area contributed by atoms with Gasteiger partial charge >= 0.3 is 0 Å². The Morgan fingerprint density at radius 3 is 2.50 bits per heavy atom. The van der Waals surface area contributed by atoms with E-state index in [2.05, 4.69) is 4.90 Å². The van der Waals surface area contributed by atoms with E-state index in [0.29, 0.717) is 29.5 Å². The predicted octanol–water partition coefficient (Wildman–Crippen LogP) is 3.51. The van der Waals surface area contributed by atoms with Gasteiger partial charge in [0.2, 0.25) is 0 Å². The van der Waals surface area contributed by atoms with Crippen LogP contribution < -0.4 is 4.74 Å². The molecule has 6 heteroatoms. The molecule has 0 aliphatic carbocycles. The van der Waals surface area contributed by atoms with Gasteiger partial charge in [0.05, 0.1) is 10.6 Å². The van der Waals surface area contributed by atoms with Crippen LogP contribution in [0.3, 0.4) is 0 Å². The summed E-state index contributed by atoms with van der Waals surface area (Å²) >= 11 is 5.90. The van der Waals surface area contributed by atoms with E-state index >= 15 is 0 Å². The summed E-state index contributed by atoms with van der Waals surface area (Å²) in [5.74, 6) is 0.888. The van der Waals surface area contributed by atoms with Crippen LogP contribution in [-0.2, 0) is 9.84 Å². The Morgan fingerprint density at radius 2 is 1.79 bits per heavy atom. The fourth-order valence-corrected chi connectivity index (χ4v) is 3.76. The van der Waals surface area contributed by atoms with Crippen molar-refractivity contribution in [3.8, 4) is 5.75 Å². The number of ether oxygens (including phenoxy) is 1. The predicted molar refractivity (Wildman–Crippen MR) is 97.6 cm³/mol. The molecule has 0 amide bonds. The van der Waals surface area contributed by atoms with E-state index in [0.717, 1.165) is 12.3 Å². The van der Waals surface area contributed by atoms with E-state index in [4.69, 9.17) is 16.3 Å². The summed E-state index contributed by atoms with van der Waals surface area (Å²) in [5, 5.41) is 0.645. The lowest BCUT2D eigenvalue weighted by Gasteiger charge is -2.17. The minimum absolute atomic E-state index is 0.149. The maximum atomic E-state index is 12.2. The Hall–Kier alpha value is -1.56. The third kappa shape index (κ3) is 6.15. The minimum Gasteiger partial charge on any atom is -0.492 e. The number of benzene rings is 2. The highest BCUT2D eigenvalue weighted by molar-refractivity contribution is 7.91. The number of sulfone groups is 1. The maximum absolute atomic E-state index is 12.2. The average molecular weight is 368 g/mol. The molecule has 0 bridgehead atoms. The molecule has 0 aliphatic rings. The number of hydrogen-bond donors (Lipinski definition) is 0. The number of hydrogen-bond acceptors (Lipinski definition) is 4. The highest BCUT2D eigenvalue weighted by Gasteiger charge is 2.13. The Balaban J connectivity index is 1.69. The summed E-state index contributed by atoms with van der Waals surface area (Å²) in [6.07, 6.45) is 0.588. The zero-order valence-corrected chi connectivity index (χ0v) is 15.3. The molecule has 0 aliphatic heterocycles. The van der Waals surface area contributed by atoms with Gasteiger partial charge in [-0.25, -0.2) is 8.42 Å². The van der Waals surface area contributed by atoms with E-state index in [9.17, 15) is 8.42 Å². The minimum atomic E-state index is -3.20. The molecule has 24 heavy (non-hydrogen) atoms. The van der Waals surface area contributed by atoms with Crippen LogP contribution in [0.25, 0.3) is 0 Å². The van der Waals surface area contributed by atoms with Crippen LogP contribution in [0.5, 0.6) is 5.75 Å². The molecular formula is C18H22ClNO3S. The first-order valence-electron chi connectivity index (χ1n) is 7.82. The lowest BCUT2D eigenvalue weighted by Crippen LogP contribution is -2.26. The quantitative estimate of drug-likeness (QED) is 0.680. The molecule has 2 rings (SSSR count). The Morgan fingerprint density at radius 1 is 1.04 bits per heavy atom. The first kappa shape index (κ1) is 18.8. The van der Waals surface area contributed by atoms with E-state index < -0.39 is 9.84 Å². The van der Waals surface area contributed by atoms with Crippen molar-refractivity contribution in [1.29, 1.82) is 0 Å². The molecule has 2 aromatic carbocycles. The SMILES string of the molecule is CN(CCCS(=O)(=O)c1ccccc1)CCOc1cccc(Cl)c1. The average Bonchev–Trinajstić information content (AvgIpc) is 2.55. The molecule has 2 aromatic rings. The zero-order chi connectivity index (χ0) is 17.4. The summed E-state index contributed by atoms with van der Waals surface area (Å²) < 4.78 is 30.0. The van der Waals surface area contributed by atoms with Crippen molar-refractivity contribution in [3.05, 3.63) is 59.6 Å². The third-order valence-corrected chi connectivity index (χ3v) is 5.64. The van der Waals surface area contributed by atoms with Gasteiger partial charge in [0.1, 0.15) is 12.4 Å². The first-order valence-corrected chi connectivity index (χ1v) is 9.85. The van der Waals surface area contributed by atoms with Crippen LogP contribution in [0.2, 0.25) is 5.02 Å². The summed E-state index contributed by atoms with van der Waals surface area (Å²) in [6.45, 7) is 1.95. The van der Waals surface area contributed by atoms with Gasteiger partial charge in [-0.1, -0.05) is 35.9 Å². The molecule has 0 unspecified atom stereocenters. The molecule has 0 fully saturated rings. The summed E-state index contributed by atoms with van der Waals surface area (Å²) in [7, 11) is -1.24. The second-order valence-electron chi connectivity index (χ2n) is 5.59. The maximum Gasteiger partial charge on any atom is 0.178 e. The van der Waals surface area contributed by atoms with Gasteiger partial charge in [-0.05, 0) is 50.3 Å². The largest absolute Gasteiger partial charge is 0.492 e. The molecule has 0 aromatic heterocycles. The van der Waals surface area contributed by atoms with Gasteiger partial charge in [0.15, 0.2) is 9.84 Å². The highest BCUT2D eigenvalue weighted by atomic mass is 35.5. The number of rotatable bonds is 9. The number of halogens is 1. The van der Waals surface area contributed by atoms with Gasteiger partial charge in [-0.15, -0.1) is 0 Å². The van der Waals surface area contributed by atoms with Crippen molar-refractivity contribution in [2.24, 2.45) is 0 Å². The number of nitrogens with zero attached hydrogens (tertiary/aromatic N) is 1. The van der Waals surface area contributed by atoms with Gasteiger partial charge in [-0.3, -0.25) is 0 Å². The number of likely N-dealkylation sites (N-methyl/N-ethyl adjacent to an activating group) is 1. The molecule has 0 N–H and O–H groups in total. The van der Waals surface area contributed by atoms with Gasteiger partial charge in [0.25, 0.3) is 0 Å². The lowest BCUT2D eigenvalue weighted by atomic mass is 10.3. The van der Waals surface area contributed by atoms with E-state index in [-0.39, 0.29) is 5.75 Å². The fraction of sp³-hybridized carbons (Fsp3) is 0.333. The molecule has 4 nitrogen and oxygen atoms in total. The van der Waals surface area contributed by atoms with Crippen LogP contribution >= 0.6 is 11.6 Å². The molecule has 0 heterocycles. The van der Waals surface area contributed by atoms with Gasteiger partial charge in [-0.2, -0.15) is 0 Å². The smallest absolute Gasteiger partial charge is 0.178 e. The molecule has 0 saturated heterocycles. The van der Waals surface area contributed by atoms with Crippen molar-refractivity contribution in [2.75, 3.05) is 32.5 Å². The van der Waals surface area contributed by atoms with Gasteiger partial charge < -0.3 is 9.64 Å².